The average Bonchev–Trinajstić information content (AvgIpc) is 2.25. The van der Waals surface area contributed by atoms with Crippen molar-refractivity contribution in [3.8, 4) is 0 Å². The maximum absolute atomic E-state index is 7.32. The summed E-state index contributed by atoms with van der Waals surface area (Å²) in [6, 6.07) is 7.67. The molecule has 0 heterocycles. The Morgan fingerprint density at radius 2 is 2.33 bits per heavy atom. The highest BCUT2D eigenvalue weighted by molar-refractivity contribution is 5.95. The van der Waals surface area contributed by atoms with E-state index in [1.807, 2.05) is 37.4 Å². The first-order valence-corrected chi connectivity index (χ1v) is 4.99. The van der Waals surface area contributed by atoms with E-state index >= 15 is 0 Å². The zero-order valence-electron chi connectivity index (χ0n) is 8.96. The Morgan fingerprint density at radius 1 is 1.53 bits per heavy atom. The molecular weight excluding hydrogens is 186 g/mol. The lowest BCUT2D eigenvalue weighted by molar-refractivity contribution is 0.809. The highest BCUT2D eigenvalue weighted by Gasteiger charge is 1.95. The average molecular weight is 203 g/mol. The van der Waals surface area contributed by atoms with Gasteiger partial charge in [0, 0.05) is 5.56 Å². The Bertz CT molecular complexity index is 356. The van der Waals surface area contributed by atoms with Crippen molar-refractivity contribution in [3.63, 3.8) is 0 Å². The molecule has 1 rings (SSSR count). The minimum Gasteiger partial charge on any atom is -0.384 e. The summed E-state index contributed by atoms with van der Waals surface area (Å²) in [5, 5.41) is 10.4. The molecule has 15 heavy (non-hydrogen) atoms. The molecule has 0 radical (unpaired) electrons. The lowest BCUT2D eigenvalue weighted by Crippen LogP contribution is -2.10. The van der Waals surface area contributed by atoms with E-state index in [2.05, 4.69) is 11.4 Å². The molecule has 0 aliphatic heterocycles. The predicted molar refractivity (Wildman–Crippen MR) is 65.0 cm³/mol. The van der Waals surface area contributed by atoms with Crippen molar-refractivity contribution >= 4 is 11.9 Å². The molecule has 0 unspecified atom stereocenters. The van der Waals surface area contributed by atoms with Crippen LogP contribution < -0.4 is 11.1 Å². The van der Waals surface area contributed by atoms with E-state index in [1.54, 1.807) is 0 Å². The van der Waals surface area contributed by atoms with E-state index in [0.29, 0.717) is 0 Å². The van der Waals surface area contributed by atoms with Crippen LogP contribution in [0, 0.1) is 5.41 Å². The van der Waals surface area contributed by atoms with Gasteiger partial charge in [0.15, 0.2) is 0 Å². The summed E-state index contributed by atoms with van der Waals surface area (Å²) in [6.07, 6.45) is 5.15. The monoisotopic (exact) mass is 203 g/mol. The SMILES string of the molecule is CNCCC=Cc1cccc(C(=N)N)c1. The maximum atomic E-state index is 7.32. The smallest absolute Gasteiger partial charge is 0.122 e. The molecule has 1 aromatic rings. The first kappa shape index (κ1) is 11.5. The molecule has 0 saturated heterocycles. The zero-order valence-corrected chi connectivity index (χ0v) is 8.96. The van der Waals surface area contributed by atoms with Gasteiger partial charge in [-0.3, -0.25) is 5.41 Å². The molecule has 0 amide bonds. The van der Waals surface area contributed by atoms with Crippen LogP contribution in [0.5, 0.6) is 0 Å². The molecule has 0 aliphatic rings. The van der Waals surface area contributed by atoms with E-state index in [4.69, 9.17) is 11.1 Å². The van der Waals surface area contributed by atoms with E-state index in [1.165, 1.54) is 0 Å². The van der Waals surface area contributed by atoms with Crippen LogP contribution in [0.15, 0.2) is 30.3 Å². The first-order chi connectivity index (χ1) is 7.24. The van der Waals surface area contributed by atoms with Gasteiger partial charge in [0.1, 0.15) is 5.84 Å². The highest BCUT2D eigenvalue weighted by Crippen LogP contribution is 2.06. The van der Waals surface area contributed by atoms with E-state index < -0.39 is 0 Å². The zero-order chi connectivity index (χ0) is 11.1. The Labute approximate surface area is 90.5 Å². The van der Waals surface area contributed by atoms with Crippen molar-refractivity contribution in [1.29, 1.82) is 5.41 Å². The van der Waals surface area contributed by atoms with Crippen LogP contribution in [-0.2, 0) is 0 Å². The summed E-state index contributed by atoms with van der Waals surface area (Å²) in [5.41, 5.74) is 7.26. The predicted octanol–water partition coefficient (Wildman–Crippen LogP) is 1.59. The molecule has 0 aromatic heterocycles. The van der Waals surface area contributed by atoms with Gasteiger partial charge in [0.2, 0.25) is 0 Å². The molecule has 0 aliphatic carbocycles. The van der Waals surface area contributed by atoms with Crippen LogP contribution in [0.25, 0.3) is 6.08 Å². The molecule has 1 aromatic carbocycles. The summed E-state index contributed by atoms with van der Waals surface area (Å²) in [6.45, 7) is 0.975. The lowest BCUT2D eigenvalue weighted by atomic mass is 10.1. The van der Waals surface area contributed by atoms with Crippen molar-refractivity contribution in [1.82, 2.24) is 5.32 Å². The van der Waals surface area contributed by atoms with Crippen LogP contribution in [0.2, 0.25) is 0 Å². The van der Waals surface area contributed by atoms with Crippen LogP contribution in [0.4, 0.5) is 0 Å². The third kappa shape index (κ3) is 3.95. The van der Waals surface area contributed by atoms with Gasteiger partial charge in [0.05, 0.1) is 0 Å². The van der Waals surface area contributed by atoms with Gasteiger partial charge >= 0.3 is 0 Å². The van der Waals surface area contributed by atoms with Crippen molar-refractivity contribution in [2.24, 2.45) is 5.73 Å². The molecule has 0 fully saturated rings. The molecule has 4 N–H and O–H groups in total. The summed E-state index contributed by atoms with van der Waals surface area (Å²) in [5.74, 6) is 0.112. The largest absolute Gasteiger partial charge is 0.384 e. The van der Waals surface area contributed by atoms with Crippen molar-refractivity contribution in [2.45, 2.75) is 6.42 Å². The van der Waals surface area contributed by atoms with E-state index in [-0.39, 0.29) is 5.84 Å². The number of nitrogens with one attached hydrogen (secondary N) is 2. The molecule has 3 nitrogen and oxygen atoms in total. The quantitative estimate of drug-likeness (QED) is 0.386. The molecule has 0 saturated carbocycles. The van der Waals surface area contributed by atoms with Gasteiger partial charge in [-0.1, -0.05) is 30.4 Å². The fourth-order valence-electron chi connectivity index (χ4n) is 1.26. The summed E-state index contributed by atoms with van der Waals surface area (Å²) < 4.78 is 0. The third-order valence-corrected chi connectivity index (χ3v) is 2.07. The fourth-order valence-corrected chi connectivity index (χ4v) is 1.26. The number of nitrogen functional groups attached to an aromatic ring is 1. The normalized spacial score (nSPS) is 10.7. The van der Waals surface area contributed by atoms with Crippen molar-refractivity contribution in [3.05, 3.63) is 41.5 Å². The second kappa shape index (κ2) is 5.98. The standard InChI is InChI=1S/C12H17N3/c1-15-8-3-2-5-10-6-4-7-11(9-10)12(13)14/h2,4-7,9,15H,3,8H2,1H3,(H3,13,14). The summed E-state index contributed by atoms with van der Waals surface area (Å²) >= 11 is 0. The highest BCUT2D eigenvalue weighted by atomic mass is 14.8. The first-order valence-electron chi connectivity index (χ1n) is 4.99. The van der Waals surface area contributed by atoms with Crippen LogP contribution in [-0.4, -0.2) is 19.4 Å². The van der Waals surface area contributed by atoms with Gasteiger partial charge in [-0.2, -0.15) is 0 Å². The van der Waals surface area contributed by atoms with Gasteiger partial charge in [-0.25, -0.2) is 0 Å². The topological polar surface area (TPSA) is 61.9 Å². The minimum absolute atomic E-state index is 0.112. The van der Waals surface area contributed by atoms with Crippen LogP contribution in [0.3, 0.4) is 0 Å². The van der Waals surface area contributed by atoms with Crippen molar-refractivity contribution in [2.75, 3.05) is 13.6 Å². The van der Waals surface area contributed by atoms with Crippen LogP contribution in [0.1, 0.15) is 17.5 Å². The molecule has 3 heteroatoms. The number of hydrogen-bond donors (Lipinski definition) is 3. The van der Waals surface area contributed by atoms with Crippen molar-refractivity contribution < 1.29 is 0 Å². The van der Waals surface area contributed by atoms with Gasteiger partial charge in [0.25, 0.3) is 0 Å². The van der Waals surface area contributed by atoms with Gasteiger partial charge in [-0.15, -0.1) is 0 Å². The number of benzene rings is 1. The van der Waals surface area contributed by atoms with E-state index in [0.717, 1.165) is 24.1 Å². The molecule has 0 bridgehead atoms. The van der Waals surface area contributed by atoms with Gasteiger partial charge in [-0.05, 0) is 31.6 Å². The number of nitrogens with two attached hydrogens (primary N) is 1. The second-order valence-electron chi connectivity index (χ2n) is 3.33. The Balaban J connectivity index is 2.65. The molecule has 0 spiro atoms. The third-order valence-electron chi connectivity index (χ3n) is 2.07. The van der Waals surface area contributed by atoms with Crippen LogP contribution >= 0.6 is 0 Å². The fraction of sp³-hybridized carbons (Fsp3) is 0.250. The number of amidine groups is 1. The minimum atomic E-state index is 0.112. The second-order valence-corrected chi connectivity index (χ2v) is 3.33. The molecule has 0 atom stereocenters. The number of rotatable bonds is 5. The summed E-state index contributed by atoms with van der Waals surface area (Å²) in [7, 11) is 1.93. The Kier molecular flexibility index (Phi) is 4.57. The number of hydrogen-bond acceptors (Lipinski definition) is 2. The Hall–Kier alpha value is -1.61. The molecule has 80 valence electrons. The molecular formula is C12H17N3. The summed E-state index contributed by atoms with van der Waals surface area (Å²) in [4.78, 5) is 0. The Morgan fingerprint density at radius 3 is 3.00 bits per heavy atom. The maximum Gasteiger partial charge on any atom is 0.122 e. The van der Waals surface area contributed by atoms with Gasteiger partial charge < -0.3 is 11.1 Å². The lowest BCUT2D eigenvalue weighted by Gasteiger charge is -1.99. The van der Waals surface area contributed by atoms with E-state index in [9.17, 15) is 0 Å².